The lowest BCUT2D eigenvalue weighted by Gasteiger charge is -2.42. The van der Waals surface area contributed by atoms with Gasteiger partial charge in [0.25, 0.3) is 0 Å². The molecular formula is C16H26N2O3. The summed E-state index contributed by atoms with van der Waals surface area (Å²) < 4.78 is 5.69. The first kappa shape index (κ1) is 14.8. The molecule has 1 saturated carbocycles. The summed E-state index contributed by atoms with van der Waals surface area (Å²) in [6.07, 6.45) is 5.15. The van der Waals surface area contributed by atoms with E-state index < -0.39 is 0 Å². The SMILES string of the molecule is CCC(C)C1C(=O)NC(C2CC2)C(=O)N1CC1CCCO1. The molecule has 0 aromatic carbocycles. The van der Waals surface area contributed by atoms with Gasteiger partial charge in [0.2, 0.25) is 11.8 Å². The quantitative estimate of drug-likeness (QED) is 0.832. The lowest BCUT2D eigenvalue weighted by molar-refractivity contribution is -0.153. The molecule has 21 heavy (non-hydrogen) atoms. The van der Waals surface area contributed by atoms with Crippen LogP contribution in [0.2, 0.25) is 0 Å². The van der Waals surface area contributed by atoms with Crippen LogP contribution in [0, 0.1) is 11.8 Å². The van der Waals surface area contributed by atoms with Crippen LogP contribution in [0.3, 0.4) is 0 Å². The van der Waals surface area contributed by atoms with Crippen LogP contribution in [0.1, 0.15) is 46.0 Å². The molecule has 5 nitrogen and oxygen atoms in total. The number of carbonyl (C=O) groups is 2. The molecular weight excluding hydrogens is 268 g/mol. The van der Waals surface area contributed by atoms with Gasteiger partial charge in [-0.05, 0) is 37.5 Å². The summed E-state index contributed by atoms with van der Waals surface area (Å²) in [5.41, 5.74) is 0. The minimum atomic E-state index is -0.332. The topological polar surface area (TPSA) is 58.6 Å². The van der Waals surface area contributed by atoms with Crippen LogP contribution in [-0.2, 0) is 14.3 Å². The second kappa shape index (κ2) is 5.95. The lowest BCUT2D eigenvalue weighted by Crippen LogP contribution is -2.66. The summed E-state index contributed by atoms with van der Waals surface area (Å²) in [4.78, 5) is 27.2. The number of amides is 2. The van der Waals surface area contributed by atoms with Crippen molar-refractivity contribution in [2.75, 3.05) is 13.2 Å². The number of rotatable bonds is 5. The van der Waals surface area contributed by atoms with Crippen LogP contribution in [0.25, 0.3) is 0 Å². The van der Waals surface area contributed by atoms with E-state index in [2.05, 4.69) is 19.2 Å². The van der Waals surface area contributed by atoms with Crippen LogP contribution in [-0.4, -0.2) is 48.1 Å². The number of carbonyl (C=O) groups excluding carboxylic acids is 2. The van der Waals surface area contributed by atoms with E-state index in [1.807, 2.05) is 4.90 Å². The molecule has 0 aromatic rings. The summed E-state index contributed by atoms with van der Waals surface area (Å²) in [6, 6.07) is -0.624. The Bertz CT molecular complexity index is 416. The Morgan fingerprint density at radius 3 is 2.67 bits per heavy atom. The first-order chi connectivity index (χ1) is 10.1. The van der Waals surface area contributed by atoms with Crippen molar-refractivity contribution >= 4 is 11.8 Å². The Labute approximate surface area is 126 Å². The fourth-order valence-corrected chi connectivity index (χ4v) is 3.51. The van der Waals surface area contributed by atoms with E-state index in [0.717, 1.165) is 38.7 Å². The molecule has 0 spiro atoms. The minimum absolute atomic E-state index is 0.0267. The van der Waals surface area contributed by atoms with Crippen molar-refractivity contribution in [1.82, 2.24) is 10.2 Å². The summed E-state index contributed by atoms with van der Waals surface area (Å²) in [5.74, 6) is 0.665. The first-order valence-corrected chi connectivity index (χ1v) is 8.34. The summed E-state index contributed by atoms with van der Waals surface area (Å²) in [7, 11) is 0. The Kier molecular flexibility index (Phi) is 4.20. The van der Waals surface area contributed by atoms with E-state index in [0.29, 0.717) is 12.5 Å². The maximum Gasteiger partial charge on any atom is 0.246 e. The van der Waals surface area contributed by atoms with Crippen molar-refractivity contribution in [3.05, 3.63) is 0 Å². The highest BCUT2D eigenvalue weighted by atomic mass is 16.5. The molecule has 4 unspecified atom stereocenters. The van der Waals surface area contributed by atoms with Crippen molar-refractivity contribution in [1.29, 1.82) is 0 Å². The third-order valence-electron chi connectivity index (χ3n) is 5.15. The first-order valence-electron chi connectivity index (χ1n) is 8.34. The molecule has 2 saturated heterocycles. The van der Waals surface area contributed by atoms with E-state index in [4.69, 9.17) is 4.74 Å². The molecule has 2 aliphatic heterocycles. The van der Waals surface area contributed by atoms with E-state index >= 15 is 0 Å². The molecule has 0 aromatic heterocycles. The summed E-state index contributed by atoms with van der Waals surface area (Å²) in [5, 5.41) is 2.98. The van der Waals surface area contributed by atoms with Crippen molar-refractivity contribution in [2.45, 2.75) is 64.1 Å². The molecule has 1 N–H and O–H groups in total. The minimum Gasteiger partial charge on any atom is -0.376 e. The zero-order valence-electron chi connectivity index (χ0n) is 13.0. The molecule has 1 aliphatic carbocycles. The third kappa shape index (κ3) is 2.93. The van der Waals surface area contributed by atoms with E-state index in [1.165, 1.54) is 0 Å². The van der Waals surface area contributed by atoms with E-state index in [-0.39, 0.29) is 35.9 Å². The summed E-state index contributed by atoms with van der Waals surface area (Å²) >= 11 is 0. The van der Waals surface area contributed by atoms with Gasteiger partial charge in [-0.3, -0.25) is 9.59 Å². The number of nitrogens with one attached hydrogen (secondary N) is 1. The zero-order valence-corrected chi connectivity index (χ0v) is 13.0. The smallest absolute Gasteiger partial charge is 0.246 e. The van der Waals surface area contributed by atoms with Crippen LogP contribution in [0.5, 0.6) is 0 Å². The van der Waals surface area contributed by atoms with Crippen LogP contribution in [0.4, 0.5) is 0 Å². The Morgan fingerprint density at radius 1 is 1.33 bits per heavy atom. The van der Waals surface area contributed by atoms with Gasteiger partial charge in [-0.1, -0.05) is 20.3 Å². The van der Waals surface area contributed by atoms with Crippen molar-refractivity contribution in [2.24, 2.45) is 11.8 Å². The van der Waals surface area contributed by atoms with Gasteiger partial charge in [-0.2, -0.15) is 0 Å². The van der Waals surface area contributed by atoms with E-state index in [9.17, 15) is 9.59 Å². The van der Waals surface area contributed by atoms with Crippen molar-refractivity contribution in [3.8, 4) is 0 Å². The molecule has 3 aliphatic rings. The van der Waals surface area contributed by atoms with Gasteiger partial charge < -0.3 is 15.0 Å². The molecule has 2 heterocycles. The molecule has 0 radical (unpaired) electrons. The van der Waals surface area contributed by atoms with Crippen LogP contribution >= 0.6 is 0 Å². The standard InChI is InChI=1S/C16H26N2O3/c1-3-10(2)14-15(19)17-13(11-6-7-11)16(20)18(14)9-12-5-4-8-21-12/h10-14H,3-9H2,1-2H3,(H,17,19). The zero-order chi connectivity index (χ0) is 15.0. The molecule has 5 heteroatoms. The van der Waals surface area contributed by atoms with Gasteiger partial charge in [-0.15, -0.1) is 0 Å². The molecule has 2 amide bonds. The number of nitrogens with zero attached hydrogens (tertiary/aromatic N) is 1. The third-order valence-corrected chi connectivity index (χ3v) is 5.15. The van der Waals surface area contributed by atoms with Gasteiger partial charge in [0.05, 0.1) is 6.10 Å². The van der Waals surface area contributed by atoms with Gasteiger partial charge in [0.1, 0.15) is 12.1 Å². The highest BCUT2D eigenvalue weighted by Crippen LogP contribution is 2.36. The lowest BCUT2D eigenvalue weighted by atomic mass is 9.92. The van der Waals surface area contributed by atoms with Gasteiger partial charge in [0, 0.05) is 13.2 Å². The second-order valence-corrected chi connectivity index (χ2v) is 6.78. The number of ether oxygens (including phenoxy) is 1. The maximum absolute atomic E-state index is 12.8. The average molecular weight is 294 g/mol. The Morgan fingerprint density at radius 2 is 2.10 bits per heavy atom. The number of piperazine rings is 1. The molecule has 3 rings (SSSR count). The molecule has 4 atom stereocenters. The van der Waals surface area contributed by atoms with Gasteiger partial charge in [-0.25, -0.2) is 0 Å². The summed E-state index contributed by atoms with van der Waals surface area (Å²) in [6.45, 7) is 5.47. The molecule has 118 valence electrons. The number of hydrogen-bond acceptors (Lipinski definition) is 3. The molecule has 0 bridgehead atoms. The predicted molar refractivity (Wildman–Crippen MR) is 78.6 cm³/mol. The highest BCUT2D eigenvalue weighted by molar-refractivity contribution is 5.97. The highest BCUT2D eigenvalue weighted by Gasteiger charge is 2.48. The van der Waals surface area contributed by atoms with Crippen LogP contribution < -0.4 is 5.32 Å². The van der Waals surface area contributed by atoms with Crippen molar-refractivity contribution < 1.29 is 14.3 Å². The fraction of sp³-hybridized carbons (Fsp3) is 0.875. The molecule has 3 fully saturated rings. The number of hydrogen-bond donors (Lipinski definition) is 1. The van der Waals surface area contributed by atoms with Crippen molar-refractivity contribution in [3.63, 3.8) is 0 Å². The van der Waals surface area contributed by atoms with Gasteiger partial charge >= 0.3 is 0 Å². The monoisotopic (exact) mass is 294 g/mol. The second-order valence-electron chi connectivity index (χ2n) is 6.78. The Balaban J connectivity index is 1.79. The van der Waals surface area contributed by atoms with Crippen LogP contribution in [0.15, 0.2) is 0 Å². The largest absolute Gasteiger partial charge is 0.376 e. The normalized spacial score (nSPS) is 35.0. The van der Waals surface area contributed by atoms with Gasteiger partial charge in [0.15, 0.2) is 0 Å². The fourth-order valence-electron chi connectivity index (χ4n) is 3.51. The van der Waals surface area contributed by atoms with E-state index in [1.54, 1.807) is 0 Å². The Hall–Kier alpha value is -1.10. The maximum atomic E-state index is 12.8. The average Bonchev–Trinajstić information content (AvgIpc) is 3.19. The predicted octanol–water partition coefficient (Wildman–Crippen LogP) is 1.32.